The number of carbonyl (C=O) groups excluding carboxylic acids is 1. The van der Waals surface area contributed by atoms with Gasteiger partial charge in [-0.2, -0.15) is 5.26 Å². The van der Waals surface area contributed by atoms with E-state index in [2.05, 4.69) is 6.07 Å². The number of piperidine rings is 1. The average Bonchev–Trinajstić information content (AvgIpc) is 3.80. The predicted octanol–water partition coefficient (Wildman–Crippen LogP) is 6.53. The Morgan fingerprint density at radius 2 is 1.74 bits per heavy atom. The fourth-order valence-corrected chi connectivity index (χ4v) is 7.28. The summed E-state index contributed by atoms with van der Waals surface area (Å²) in [5.41, 5.74) is 3.17. The number of nitrogens with zero attached hydrogens (tertiary/aromatic N) is 3. The van der Waals surface area contributed by atoms with Crippen LogP contribution in [0.1, 0.15) is 49.3 Å². The maximum absolute atomic E-state index is 14.3. The molecule has 1 aliphatic carbocycles. The van der Waals surface area contributed by atoms with Crippen molar-refractivity contribution in [1.82, 2.24) is 4.90 Å². The van der Waals surface area contributed by atoms with E-state index in [0.717, 1.165) is 35.8 Å². The monoisotopic (exact) mass is 639 g/mol. The van der Waals surface area contributed by atoms with Gasteiger partial charge in [0.1, 0.15) is 0 Å². The van der Waals surface area contributed by atoms with Crippen molar-refractivity contribution in [1.29, 1.82) is 5.26 Å². The molecule has 3 aromatic carbocycles. The minimum Gasteiger partial charge on any atom is -0.481 e. The zero-order valence-corrected chi connectivity index (χ0v) is 25.8. The summed E-state index contributed by atoms with van der Waals surface area (Å²) in [5, 5.41) is 20.1. The van der Waals surface area contributed by atoms with Crippen molar-refractivity contribution < 1.29 is 23.1 Å². The molecule has 1 N–H and O–H groups in total. The van der Waals surface area contributed by atoms with E-state index in [9.17, 15) is 28.4 Å². The van der Waals surface area contributed by atoms with Crippen LogP contribution in [0, 0.1) is 23.2 Å². The second-order valence-electron chi connectivity index (χ2n) is 11.2. The molecule has 1 saturated heterocycles. The summed E-state index contributed by atoms with van der Waals surface area (Å²) >= 11 is 12.6. The highest BCUT2D eigenvalue weighted by Crippen LogP contribution is 2.46. The van der Waals surface area contributed by atoms with Crippen molar-refractivity contribution in [2.75, 3.05) is 17.1 Å². The second-order valence-corrected chi connectivity index (χ2v) is 14.0. The number of carboxylic acid groups (broad SMARTS) is 1. The molecule has 43 heavy (non-hydrogen) atoms. The molecule has 0 aromatic heterocycles. The molecule has 5 rings (SSSR count). The van der Waals surface area contributed by atoms with Gasteiger partial charge in [-0.25, -0.2) is 8.42 Å². The van der Waals surface area contributed by atoms with Gasteiger partial charge >= 0.3 is 5.97 Å². The van der Waals surface area contributed by atoms with Crippen molar-refractivity contribution in [3.63, 3.8) is 0 Å². The van der Waals surface area contributed by atoms with Gasteiger partial charge in [0.05, 0.1) is 48.6 Å². The summed E-state index contributed by atoms with van der Waals surface area (Å²) in [5.74, 6) is -2.05. The van der Waals surface area contributed by atoms with E-state index in [4.69, 9.17) is 23.2 Å². The number of carbonyl (C=O) groups is 2. The quantitative estimate of drug-likeness (QED) is 0.269. The van der Waals surface area contributed by atoms with Crippen molar-refractivity contribution in [3.8, 4) is 17.2 Å². The molecular weight excluding hydrogens is 609 g/mol. The lowest BCUT2D eigenvalue weighted by atomic mass is 9.82. The van der Waals surface area contributed by atoms with Gasteiger partial charge in [0.2, 0.25) is 15.9 Å². The van der Waals surface area contributed by atoms with Gasteiger partial charge in [-0.15, -0.1) is 0 Å². The molecule has 1 saturated carbocycles. The van der Waals surface area contributed by atoms with E-state index in [-0.39, 0.29) is 24.8 Å². The fourth-order valence-electron chi connectivity index (χ4n) is 6.06. The number of halogens is 2. The SMILES string of the molecule is CS(=O)(=O)N(C[C@H](C1CC1)N1C(=O)C(CC(=O)O)CCC1c1ccc(Cl)cc1-c1ccc(Cl)cc1)c1cccc(C#N)c1. The minimum atomic E-state index is -3.81. The Bertz CT molecular complexity index is 1690. The number of rotatable bonds is 10. The molecule has 1 aliphatic heterocycles. The number of amides is 1. The van der Waals surface area contributed by atoms with E-state index in [1.165, 1.54) is 10.4 Å². The Morgan fingerprint density at radius 3 is 2.37 bits per heavy atom. The van der Waals surface area contributed by atoms with Gasteiger partial charge in [-0.1, -0.05) is 47.5 Å². The van der Waals surface area contributed by atoms with Crippen LogP contribution < -0.4 is 4.31 Å². The van der Waals surface area contributed by atoms with Crippen LogP contribution in [0.25, 0.3) is 11.1 Å². The highest BCUT2D eigenvalue weighted by atomic mass is 35.5. The van der Waals surface area contributed by atoms with Crippen molar-refractivity contribution in [2.24, 2.45) is 11.8 Å². The summed E-state index contributed by atoms with van der Waals surface area (Å²) in [6.45, 7) is -0.0235. The van der Waals surface area contributed by atoms with Crippen LogP contribution in [0.4, 0.5) is 5.69 Å². The van der Waals surface area contributed by atoms with Gasteiger partial charge in [-0.05, 0) is 90.8 Å². The maximum atomic E-state index is 14.3. The maximum Gasteiger partial charge on any atom is 0.304 e. The molecule has 2 fully saturated rings. The van der Waals surface area contributed by atoms with Crippen LogP contribution in [0.15, 0.2) is 66.7 Å². The molecule has 11 heteroatoms. The van der Waals surface area contributed by atoms with E-state index < -0.39 is 34.0 Å². The van der Waals surface area contributed by atoms with E-state index in [0.29, 0.717) is 34.1 Å². The van der Waals surface area contributed by atoms with Gasteiger partial charge in [0.15, 0.2) is 0 Å². The molecule has 2 aliphatic rings. The topological polar surface area (TPSA) is 119 Å². The average molecular weight is 641 g/mol. The molecule has 1 heterocycles. The summed E-state index contributed by atoms with van der Waals surface area (Å²) in [6, 6.07) is 20.3. The van der Waals surface area contributed by atoms with Crippen LogP contribution in [0.5, 0.6) is 0 Å². The number of sulfonamides is 1. The summed E-state index contributed by atoms with van der Waals surface area (Å²) in [7, 11) is -3.81. The van der Waals surface area contributed by atoms with Crippen LogP contribution in [0.3, 0.4) is 0 Å². The molecule has 0 bridgehead atoms. The van der Waals surface area contributed by atoms with E-state index >= 15 is 0 Å². The Morgan fingerprint density at radius 1 is 1.05 bits per heavy atom. The smallest absolute Gasteiger partial charge is 0.304 e. The lowest BCUT2D eigenvalue weighted by Gasteiger charge is -2.46. The van der Waals surface area contributed by atoms with Crippen LogP contribution >= 0.6 is 23.2 Å². The van der Waals surface area contributed by atoms with Crippen LogP contribution in [-0.2, 0) is 19.6 Å². The van der Waals surface area contributed by atoms with Gasteiger partial charge in [0.25, 0.3) is 0 Å². The first-order valence-corrected chi connectivity index (χ1v) is 16.6. The number of benzene rings is 3. The number of hydrogen-bond donors (Lipinski definition) is 1. The van der Waals surface area contributed by atoms with Gasteiger partial charge in [0, 0.05) is 16.0 Å². The number of nitriles is 1. The zero-order valence-electron chi connectivity index (χ0n) is 23.5. The molecule has 3 aromatic rings. The van der Waals surface area contributed by atoms with Crippen LogP contribution in [0.2, 0.25) is 10.0 Å². The largest absolute Gasteiger partial charge is 0.481 e. The van der Waals surface area contributed by atoms with Gasteiger partial charge < -0.3 is 10.0 Å². The van der Waals surface area contributed by atoms with E-state index in [1.54, 1.807) is 41.3 Å². The minimum absolute atomic E-state index is 0.0235. The second kappa shape index (κ2) is 12.6. The molecule has 224 valence electrons. The lowest BCUT2D eigenvalue weighted by molar-refractivity contribution is -0.151. The first-order chi connectivity index (χ1) is 20.5. The van der Waals surface area contributed by atoms with Crippen molar-refractivity contribution >= 4 is 50.8 Å². The third-order valence-corrected chi connectivity index (χ3v) is 9.87. The van der Waals surface area contributed by atoms with Crippen molar-refractivity contribution in [2.45, 2.75) is 44.2 Å². The predicted molar refractivity (Wildman–Crippen MR) is 166 cm³/mol. The van der Waals surface area contributed by atoms with Crippen molar-refractivity contribution in [3.05, 3.63) is 87.9 Å². The molecule has 0 radical (unpaired) electrons. The highest BCUT2D eigenvalue weighted by Gasteiger charge is 2.47. The number of aliphatic carboxylic acids is 1. The highest BCUT2D eigenvalue weighted by molar-refractivity contribution is 7.92. The summed E-state index contributed by atoms with van der Waals surface area (Å²) in [6.07, 6.45) is 3.31. The first-order valence-electron chi connectivity index (χ1n) is 14.0. The Kier molecular flexibility index (Phi) is 9.02. The molecule has 3 atom stereocenters. The van der Waals surface area contributed by atoms with Gasteiger partial charge in [-0.3, -0.25) is 13.9 Å². The molecule has 2 unspecified atom stereocenters. The molecule has 8 nitrogen and oxygen atoms in total. The third kappa shape index (κ3) is 6.98. The normalized spacial score (nSPS) is 19.5. The Labute approximate surface area is 261 Å². The Hall–Kier alpha value is -3.58. The molecule has 0 spiro atoms. The molecular formula is C32H31Cl2N3O5S. The van der Waals surface area contributed by atoms with Crippen LogP contribution in [-0.4, -0.2) is 49.1 Å². The zero-order chi connectivity index (χ0) is 30.9. The van der Waals surface area contributed by atoms with E-state index in [1.807, 2.05) is 24.3 Å². The first kappa shape index (κ1) is 30.9. The molecule has 1 amide bonds. The number of hydrogen-bond acceptors (Lipinski definition) is 5. The summed E-state index contributed by atoms with van der Waals surface area (Å²) < 4.78 is 27.6. The Balaban J connectivity index is 1.62. The number of carboxylic acids is 1. The number of anilines is 1. The third-order valence-electron chi connectivity index (χ3n) is 8.22. The number of likely N-dealkylation sites (tertiary alicyclic amines) is 1. The lowest BCUT2D eigenvalue weighted by Crippen LogP contribution is -2.54. The fraction of sp³-hybridized carbons (Fsp3) is 0.344. The standard InChI is InChI=1S/C32H31Cl2N3O5S/c1-43(41,42)36(26-4-2-3-20(15-26)18-35)19-30(22-5-6-22)37-29(14-9-23(32(37)40)16-31(38)39)27-13-12-25(34)17-28(27)21-7-10-24(33)11-8-21/h2-4,7-8,10-13,15,17,22-23,29-30H,5-6,9,14,16,19H2,1H3,(H,38,39)/t23?,29?,30-/m1/s1. The summed E-state index contributed by atoms with van der Waals surface area (Å²) in [4.78, 5) is 27.7.